The third-order valence-corrected chi connectivity index (χ3v) is 15.1. The van der Waals surface area contributed by atoms with Crippen LogP contribution in [-0.4, -0.2) is 63.4 Å². The molecule has 2 aliphatic heterocycles. The molecule has 0 radical (unpaired) electrons. The van der Waals surface area contributed by atoms with Crippen LogP contribution >= 0.6 is 0 Å². The fourth-order valence-electron chi connectivity index (χ4n) is 5.72. The van der Waals surface area contributed by atoms with Crippen molar-refractivity contribution in [2.75, 3.05) is 44.7 Å². The molecule has 0 aromatic heterocycles. The van der Waals surface area contributed by atoms with Crippen molar-refractivity contribution in [3.05, 3.63) is 52.8 Å². The van der Waals surface area contributed by atoms with Gasteiger partial charge in [0.25, 0.3) is 0 Å². The highest BCUT2D eigenvalue weighted by atomic mass is 32.2. The molecule has 0 spiro atoms. The van der Waals surface area contributed by atoms with Gasteiger partial charge in [-0.15, -0.1) is 0 Å². The van der Waals surface area contributed by atoms with E-state index in [4.69, 9.17) is 13.9 Å². The number of fused-ring (bicyclic) bond motifs is 3. The van der Waals surface area contributed by atoms with E-state index >= 15 is 0 Å². The van der Waals surface area contributed by atoms with E-state index in [0.29, 0.717) is 47.1 Å². The van der Waals surface area contributed by atoms with Crippen LogP contribution in [0.5, 0.6) is 5.75 Å². The molecular weight excluding hydrogens is 560 g/mol. The largest absolute Gasteiger partial charge is 0.492 e. The van der Waals surface area contributed by atoms with Gasteiger partial charge in [0, 0.05) is 25.6 Å². The predicted molar refractivity (Wildman–Crippen MR) is 162 cm³/mol. The van der Waals surface area contributed by atoms with Gasteiger partial charge in [-0.2, -0.15) is 0 Å². The van der Waals surface area contributed by atoms with Gasteiger partial charge in [-0.3, -0.25) is 0 Å². The molecule has 224 valence electrons. The highest BCUT2D eigenvalue weighted by Crippen LogP contribution is 2.55. The maximum absolute atomic E-state index is 14.4. The molecule has 10 heteroatoms. The van der Waals surface area contributed by atoms with E-state index in [2.05, 4.69) is 43.5 Å². The first kappa shape index (κ1) is 30.2. The van der Waals surface area contributed by atoms with E-state index in [9.17, 15) is 13.4 Å². The van der Waals surface area contributed by atoms with Crippen molar-refractivity contribution in [3.8, 4) is 5.75 Å². The number of methoxy groups -OCH3 is 1. The Morgan fingerprint density at radius 3 is 2.76 bits per heavy atom. The summed E-state index contributed by atoms with van der Waals surface area (Å²) in [5.74, 6) is 0.849. The standard InChI is InChI=1S/C31H43FN2O5SSi/c1-31(2,3)41(5,6)39-14-13-34-12-11-20(18-34)15-21-16-23(32)7-10-27(21)40(36)33-26-9-8-24-25-17-22(25)19-38-29(24)28(26)30(35)37-4/h7-10,16,20,22,25,33H,11-15,17-19H2,1-6H3. The lowest BCUT2D eigenvalue weighted by Crippen LogP contribution is -2.42. The summed E-state index contributed by atoms with van der Waals surface area (Å²) < 4.78 is 48.5. The van der Waals surface area contributed by atoms with Crippen LogP contribution in [0.1, 0.15) is 61.0 Å². The minimum absolute atomic E-state index is 0.183. The molecule has 2 aromatic rings. The first-order valence-electron chi connectivity index (χ1n) is 14.6. The van der Waals surface area contributed by atoms with Gasteiger partial charge in [0.1, 0.15) is 17.1 Å². The van der Waals surface area contributed by atoms with E-state index < -0.39 is 25.3 Å². The molecule has 1 aliphatic carbocycles. The van der Waals surface area contributed by atoms with Crippen LogP contribution in [0.3, 0.4) is 0 Å². The van der Waals surface area contributed by atoms with Crippen LogP contribution in [0.15, 0.2) is 35.2 Å². The molecule has 2 heterocycles. The van der Waals surface area contributed by atoms with Gasteiger partial charge in [0.05, 0.1) is 24.3 Å². The number of rotatable bonds is 10. The number of nitrogens with one attached hydrogen (secondary N) is 1. The van der Waals surface area contributed by atoms with Crippen LogP contribution in [0.2, 0.25) is 18.1 Å². The lowest BCUT2D eigenvalue weighted by atomic mass is 9.98. The fourth-order valence-corrected chi connectivity index (χ4v) is 7.81. The molecule has 2 fully saturated rings. The van der Waals surface area contributed by atoms with Crippen molar-refractivity contribution >= 4 is 31.0 Å². The van der Waals surface area contributed by atoms with Gasteiger partial charge < -0.3 is 23.5 Å². The highest BCUT2D eigenvalue weighted by molar-refractivity contribution is 7.86. The number of esters is 1. The molecule has 7 nitrogen and oxygen atoms in total. The summed E-state index contributed by atoms with van der Waals surface area (Å²) in [6.45, 7) is 15.3. The van der Waals surface area contributed by atoms with Gasteiger partial charge in [-0.1, -0.05) is 26.8 Å². The lowest BCUT2D eigenvalue weighted by Gasteiger charge is -2.36. The Labute approximate surface area is 246 Å². The second kappa shape index (κ2) is 11.8. The first-order chi connectivity index (χ1) is 19.4. The number of ether oxygens (including phenoxy) is 2. The maximum Gasteiger partial charge on any atom is 0.343 e. The van der Waals surface area contributed by atoms with E-state index in [1.165, 1.54) is 19.2 Å². The quantitative estimate of drug-likeness (QED) is 0.261. The average molecular weight is 603 g/mol. The second-order valence-corrected chi connectivity index (χ2v) is 19.2. The zero-order valence-electron chi connectivity index (χ0n) is 25.1. The normalized spacial score (nSPS) is 22.9. The van der Waals surface area contributed by atoms with E-state index in [1.807, 2.05) is 6.07 Å². The van der Waals surface area contributed by atoms with Gasteiger partial charge in [0.15, 0.2) is 19.3 Å². The van der Waals surface area contributed by atoms with Crippen molar-refractivity contribution in [3.63, 3.8) is 0 Å². The van der Waals surface area contributed by atoms with E-state index in [1.54, 1.807) is 12.1 Å². The lowest BCUT2D eigenvalue weighted by molar-refractivity contribution is 0.0596. The zero-order chi connectivity index (χ0) is 29.5. The van der Waals surface area contributed by atoms with Crippen LogP contribution < -0.4 is 9.46 Å². The Bertz CT molecular complexity index is 1330. The molecule has 41 heavy (non-hydrogen) atoms. The summed E-state index contributed by atoms with van der Waals surface area (Å²) in [5, 5.41) is 0.183. The number of nitrogens with zero attached hydrogens (tertiary/aromatic N) is 1. The number of hydrogen-bond donors (Lipinski definition) is 1. The van der Waals surface area contributed by atoms with Crippen LogP contribution in [0, 0.1) is 17.7 Å². The molecule has 4 atom stereocenters. The summed E-state index contributed by atoms with van der Waals surface area (Å²) in [4.78, 5) is 15.7. The van der Waals surface area contributed by atoms with Crippen molar-refractivity contribution in [2.24, 2.45) is 11.8 Å². The minimum atomic E-state index is -1.78. The minimum Gasteiger partial charge on any atom is -0.492 e. The van der Waals surface area contributed by atoms with E-state index in [-0.39, 0.29) is 16.4 Å². The fraction of sp³-hybridized carbons (Fsp3) is 0.581. The van der Waals surface area contributed by atoms with E-state index in [0.717, 1.165) is 50.2 Å². The summed E-state index contributed by atoms with van der Waals surface area (Å²) in [5.41, 5.74) is 2.37. The van der Waals surface area contributed by atoms with Gasteiger partial charge >= 0.3 is 5.97 Å². The number of halogens is 1. The number of hydrogen-bond acceptors (Lipinski definition) is 6. The van der Waals surface area contributed by atoms with Crippen molar-refractivity contribution in [1.82, 2.24) is 4.90 Å². The Morgan fingerprint density at radius 2 is 2.02 bits per heavy atom. The summed E-state index contributed by atoms with van der Waals surface area (Å²) in [6, 6.07) is 8.12. The van der Waals surface area contributed by atoms with Crippen molar-refractivity contribution < 1.29 is 27.3 Å². The first-order valence-corrected chi connectivity index (χ1v) is 18.6. The Balaban J connectivity index is 1.27. The second-order valence-electron chi connectivity index (χ2n) is 13.2. The number of benzene rings is 2. The maximum atomic E-state index is 14.4. The Hall–Kier alpha value is -2.27. The number of carbonyl (C=O) groups is 1. The Kier molecular flexibility index (Phi) is 8.67. The Morgan fingerprint density at radius 1 is 1.24 bits per heavy atom. The summed E-state index contributed by atoms with van der Waals surface area (Å²) >= 11 is 0. The topological polar surface area (TPSA) is 77.1 Å². The summed E-state index contributed by atoms with van der Waals surface area (Å²) in [6.07, 6.45) is 2.67. The van der Waals surface area contributed by atoms with Gasteiger partial charge in [0.2, 0.25) is 0 Å². The van der Waals surface area contributed by atoms with Crippen LogP contribution in [-0.2, 0) is 26.6 Å². The molecule has 0 amide bonds. The third kappa shape index (κ3) is 6.55. The molecular formula is C31H43FN2O5SSi. The monoisotopic (exact) mass is 602 g/mol. The molecule has 3 aliphatic rings. The number of likely N-dealkylation sites (tertiary alicyclic amines) is 1. The summed E-state index contributed by atoms with van der Waals surface area (Å²) in [7, 11) is -2.18. The highest BCUT2D eigenvalue weighted by Gasteiger charge is 2.45. The van der Waals surface area contributed by atoms with Gasteiger partial charge in [-0.25, -0.2) is 13.4 Å². The SMILES string of the molecule is COC(=O)c1c(NS(=O)c2ccc(F)cc2CC2CCN(CCO[Si](C)(C)C(C)(C)C)C2)ccc2c1OCC1CC21. The number of carbonyl (C=O) groups excluding carboxylic acids is 1. The van der Waals surface area contributed by atoms with Crippen LogP contribution in [0.25, 0.3) is 0 Å². The molecule has 2 aromatic carbocycles. The molecule has 0 bridgehead atoms. The molecule has 1 N–H and O–H groups in total. The molecule has 1 saturated carbocycles. The van der Waals surface area contributed by atoms with Crippen molar-refractivity contribution in [2.45, 2.75) is 69.0 Å². The smallest absolute Gasteiger partial charge is 0.343 e. The van der Waals surface area contributed by atoms with Crippen LogP contribution in [0.4, 0.5) is 10.1 Å². The molecule has 5 rings (SSSR count). The molecule has 1 saturated heterocycles. The van der Waals surface area contributed by atoms with Crippen molar-refractivity contribution in [1.29, 1.82) is 0 Å². The average Bonchev–Trinajstić information content (AvgIpc) is 3.58. The van der Waals surface area contributed by atoms with Gasteiger partial charge in [-0.05, 0) is 91.2 Å². The third-order valence-electron chi connectivity index (χ3n) is 9.32. The number of anilines is 1. The zero-order valence-corrected chi connectivity index (χ0v) is 26.9. The molecule has 4 unspecified atom stereocenters. The predicted octanol–water partition coefficient (Wildman–Crippen LogP) is 6.13.